The number of fused-ring (bicyclic) bond motifs is 1. The molecule has 290 valence electrons. The smallest absolute Gasteiger partial charge is 0.307 e. The minimum Gasteiger partial charge on any atom is -0.484 e. The monoisotopic (exact) mass is 762 g/mol. The molecule has 54 heavy (non-hydrogen) atoms. The van der Waals surface area contributed by atoms with Crippen molar-refractivity contribution >= 4 is 44.5 Å². The fourth-order valence-corrected chi connectivity index (χ4v) is 8.89. The molecular formula is C40H50N4O9S. The number of benzene rings is 1. The van der Waals surface area contributed by atoms with Gasteiger partial charge in [-0.05, 0) is 52.4 Å². The Morgan fingerprint density at radius 2 is 1.80 bits per heavy atom. The number of pyridine rings is 1. The zero-order chi connectivity index (χ0) is 39.4. The second kappa shape index (κ2) is 14.2. The van der Waals surface area contributed by atoms with Crippen molar-refractivity contribution in [3.05, 3.63) is 54.7 Å². The third kappa shape index (κ3) is 8.23. The maximum atomic E-state index is 14.6. The van der Waals surface area contributed by atoms with Crippen LogP contribution in [0.25, 0.3) is 22.4 Å². The summed E-state index contributed by atoms with van der Waals surface area (Å²) >= 11 is 0. The van der Waals surface area contributed by atoms with Gasteiger partial charge in [-0.1, -0.05) is 62.3 Å². The Balaban J connectivity index is 1.33. The standard InChI is InChI=1S/C40H50N4O9S/c1-9-25-20-40(25,32(45)22-54(49,50)27-15-16-27)42-36(47)30-17-26(21-44(30)37(48)28(38(3,4)5)18-33(46)52-39(6,7)8)51-31-19-29(24-13-11-10-12-14-24)41-34-23(2)43-53-35(31)34/h9-14,19,25-28,30H,1,15-18,20-22H2,2-8H3,(H,42,47)/t25?,26-,28-,30+,40?/m1/s1. The molecule has 3 aromatic rings. The molecular weight excluding hydrogens is 713 g/mol. The molecule has 2 aliphatic carbocycles. The highest BCUT2D eigenvalue weighted by Gasteiger charge is 2.61. The number of aryl methyl sites for hydroxylation is 1. The maximum absolute atomic E-state index is 14.6. The first-order valence-electron chi connectivity index (χ1n) is 18.4. The molecule has 1 aliphatic heterocycles. The number of sulfone groups is 1. The molecule has 6 rings (SSSR count). The molecule has 2 amide bonds. The molecule has 1 saturated heterocycles. The van der Waals surface area contributed by atoms with E-state index in [0.29, 0.717) is 41.1 Å². The first kappa shape index (κ1) is 39.1. The van der Waals surface area contributed by atoms with Crippen LogP contribution in [0, 0.1) is 24.2 Å². The number of amides is 2. The molecule has 0 radical (unpaired) electrons. The van der Waals surface area contributed by atoms with Gasteiger partial charge in [0.1, 0.15) is 40.2 Å². The van der Waals surface area contributed by atoms with Crippen LogP contribution in [0.4, 0.5) is 0 Å². The molecule has 14 heteroatoms. The van der Waals surface area contributed by atoms with Crippen molar-refractivity contribution in [2.75, 3.05) is 12.3 Å². The lowest BCUT2D eigenvalue weighted by atomic mass is 9.77. The van der Waals surface area contributed by atoms with E-state index in [2.05, 4.69) is 17.1 Å². The average molecular weight is 763 g/mol. The van der Waals surface area contributed by atoms with Crippen LogP contribution in [0.5, 0.6) is 5.75 Å². The Morgan fingerprint density at radius 1 is 1.11 bits per heavy atom. The van der Waals surface area contributed by atoms with Gasteiger partial charge in [0.25, 0.3) is 0 Å². The van der Waals surface area contributed by atoms with E-state index < -0.39 is 84.9 Å². The van der Waals surface area contributed by atoms with Crippen LogP contribution in [-0.4, -0.2) is 87.9 Å². The highest BCUT2D eigenvalue weighted by molar-refractivity contribution is 7.93. The van der Waals surface area contributed by atoms with E-state index in [1.807, 2.05) is 51.1 Å². The number of rotatable bonds is 13. The summed E-state index contributed by atoms with van der Waals surface area (Å²) in [6.07, 6.45) is 1.85. The van der Waals surface area contributed by atoms with Crippen molar-refractivity contribution < 1.29 is 41.6 Å². The van der Waals surface area contributed by atoms with Gasteiger partial charge in [-0.2, -0.15) is 0 Å². The van der Waals surface area contributed by atoms with Gasteiger partial charge in [0.2, 0.25) is 17.4 Å². The van der Waals surface area contributed by atoms with Gasteiger partial charge in [-0.15, -0.1) is 6.58 Å². The van der Waals surface area contributed by atoms with Crippen molar-refractivity contribution in [1.29, 1.82) is 0 Å². The third-order valence-corrected chi connectivity index (χ3v) is 12.6. The summed E-state index contributed by atoms with van der Waals surface area (Å²) in [6.45, 7) is 16.3. The molecule has 1 N–H and O–H groups in total. The summed E-state index contributed by atoms with van der Waals surface area (Å²) in [5.74, 6) is -3.92. The Kier molecular flexibility index (Phi) is 10.3. The quantitative estimate of drug-likeness (QED) is 0.180. The second-order valence-corrected chi connectivity index (χ2v) is 19.2. The fourth-order valence-electron chi connectivity index (χ4n) is 7.18. The number of carbonyl (C=O) groups excluding carboxylic acids is 4. The van der Waals surface area contributed by atoms with Crippen molar-refractivity contribution in [3.63, 3.8) is 0 Å². The van der Waals surface area contributed by atoms with Crippen LogP contribution in [0.2, 0.25) is 0 Å². The van der Waals surface area contributed by atoms with Crippen molar-refractivity contribution in [3.8, 4) is 17.0 Å². The minimum absolute atomic E-state index is 0.0296. The van der Waals surface area contributed by atoms with Crippen LogP contribution in [-0.2, 0) is 33.8 Å². The third-order valence-electron chi connectivity index (χ3n) is 10.4. The average Bonchev–Trinajstić information content (AvgIpc) is 3.99. The topological polar surface area (TPSA) is 175 Å². The van der Waals surface area contributed by atoms with E-state index in [0.717, 1.165) is 5.56 Å². The number of ketones is 1. The molecule has 0 bridgehead atoms. The Hall–Kier alpha value is -4.59. The van der Waals surface area contributed by atoms with Crippen LogP contribution >= 0.6 is 0 Å². The van der Waals surface area contributed by atoms with Crippen LogP contribution < -0.4 is 10.1 Å². The predicted octanol–water partition coefficient (Wildman–Crippen LogP) is 5.15. The van der Waals surface area contributed by atoms with E-state index >= 15 is 0 Å². The summed E-state index contributed by atoms with van der Waals surface area (Å²) in [5.41, 5.74) is -0.125. The van der Waals surface area contributed by atoms with Crippen LogP contribution in [0.1, 0.15) is 79.3 Å². The number of hydrogen-bond donors (Lipinski definition) is 1. The minimum atomic E-state index is -3.66. The molecule has 2 unspecified atom stereocenters. The lowest BCUT2D eigenvalue weighted by Gasteiger charge is -2.35. The highest BCUT2D eigenvalue weighted by atomic mass is 32.2. The van der Waals surface area contributed by atoms with Gasteiger partial charge in [-0.3, -0.25) is 19.2 Å². The molecule has 3 fully saturated rings. The number of ether oxygens (including phenoxy) is 2. The normalized spacial score (nSPS) is 23.5. The zero-order valence-electron chi connectivity index (χ0n) is 32.0. The van der Waals surface area contributed by atoms with Crippen molar-refractivity contribution in [2.24, 2.45) is 17.3 Å². The first-order valence-corrected chi connectivity index (χ1v) is 20.1. The second-order valence-electron chi connectivity index (χ2n) is 16.9. The molecule has 13 nitrogen and oxygen atoms in total. The Bertz CT molecular complexity index is 2080. The molecule has 3 heterocycles. The Labute approximate surface area is 316 Å². The van der Waals surface area contributed by atoms with Gasteiger partial charge in [-0.25, -0.2) is 13.4 Å². The number of carbonyl (C=O) groups is 4. The molecule has 1 aromatic carbocycles. The van der Waals surface area contributed by atoms with Gasteiger partial charge < -0.3 is 24.2 Å². The number of hydrogen-bond acceptors (Lipinski definition) is 11. The molecule has 2 saturated carbocycles. The lowest BCUT2D eigenvalue weighted by Crippen LogP contribution is -2.55. The van der Waals surface area contributed by atoms with E-state index in [4.69, 9.17) is 19.0 Å². The van der Waals surface area contributed by atoms with E-state index in [1.165, 1.54) is 4.90 Å². The largest absolute Gasteiger partial charge is 0.484 e. The molecule has 0 spiro atoms. The summed E-state index contributed by atoms with van der Waals surface area (Å²) < 4.78 is 43.5. The molecule has 3 aliphatic rings. The van der Waals surface area contributed by atoms with Crippen LogP contribution in [0.3, 0.4) is 0 Å². The number of esters is 1. The molecule has 2 aromatic heterocycles. The van der Waals surface area contributed by atoms with E-state index in [-0.39, 0.29) is 25.8 Å². The number of aromatic nitrogens is 2. The summed E-state index contributed by atoms with van der Waals surface area (Å²) in [5, 5.41) is 6.44. The lowest BCUT2D eigenvalue weighted by molar-refractivity contribution is -0.161. The van der Waals surface area contributed by atoms with Crippen molar-refractivity contribution in [2.45, 2.75) is 109 Å². The van der Waals surface area contributed by atoms with Crippen molar-refractivity contribution in [1.82, 2.24) is 20.4 Å². The molecule has 5 atom stereocenters. The summed E-state index contributed by atoms with van der Waals surface area (Å²) in [7, 11) is -3.66. The number of Topliss-reactive ketones (excluding diaryl/α,β-unsaturated/α-hetero) is 1. The highest BCUT2D eigenvalue weighted by Crippen LogP contribution is 2.47. The van der Waals surface area contributed by atoms with Gasteiger partial charge >= 0.3 is 5.97 Å². The number of likely N-dealkylation sites (tertiary alicyclic amines) is 1. The van der Waals surface area contributed by atoms with Gasteiger partial charge in [0, 0.05) is 24.0 Å². The van der Waals surface area contributed by atoms with Crippen LogP contribution in [0.15, 0.2) is 53.6 Å². The SMILES string of the molecule is C=CC1CC1(NC(=O)[C@@H]1C[C@@H](Oc2cc(-c3ccccc3)nc3c(C)noc23)CN1C(=O)[C@@H](CC(=O)OC(C)(C)C)C(C)(C)C)C(=O)CS(=O)(=O)C1CC1. The first-order chi connectivity index (χ1) is 25.2. The van der Waals surface area contributed by atoms with Gasteiger partial charge in [0.05, 0.1) is 29.8 Å². The maximum Gasteiger partial charge on any atom is 0.307 e. The van der Waals surface area contributed by atoms with Gasteiger partial charge in [0.15, 0.2) is 21.4 Å². The zero-order valence-corrected chi connectivity index (χ0v) is 32.8. The predicted molar refractivity (Wildman–Crippen MR) is 201 cm³/mol. The fraction of sp³-hybridized carbons (Fsp3) is 0.550. The number of nitrogens with one attached hydrogen (secondary N) is 1. The summed E-state index contributed by atoms with van der Waals surface area (Å²) in [6, 6.07) is 10.1. The summed E-state index contributed by atoms with van der Waals surface area (Å²) in [4.78, 5) is 62.0. The number of nitrogens with zero attached hydrogens (tertiary/aromatic N) is 3. The van der Waals surface area contributed by atoms with E-state index in [9.17, 15) is 27.6 Å². The van der Waals surface area contributed by atoms with E-state index in [1.54, 1.807) is 39.8 Å². The Morgan fingerprint density at radius 3 is 2.39 bits per heavy atom.